The van der Waals surface area contributed by atoms with Crippen LogP contribution in [0.5, 0.6) is 0 Å². The predicted molar refractivity (Wildman–Crippen MR) is 86.7 cm³/mol. The van der Waals surface area contributed by atoms with E-state index in [1.807, 2.05) is 25.2 Å². The van der Waals surface area contributed by atoms with Crippen LogP contribution in [0.3, 0.4) is 0 Å². The lowest BCUT2D eigenvalue weighted by Crippen LogP contribution is -2.43. The lowest BCUT2D eigenvalue weighted by molar-refractivity contribution is 0.106. The molecular weight excluding hydrogens is 324 g/mol. The van der Waals surface area contributed by atoms with E-state index in [-0.39, 0.29) is 12.1 Å². The van der Waals surface area contributed by atoms with Gasteiger partial charge in [-0.15, -0.1) is 0 Å². The maximum atomic E-state index is 10.1. The van der Waals surface area contributed by atoms with E-state index < -0.39 is 0 Å². The van der Waals surface area contributed by atoms with Crippen LogP contribution in [0.1, 0.15) is 31.2 Å². The molecule has 2 atom stereocenters. The van der Waals surface area contributed by atoms with Crippen LogP contribution in [-0.4, -0.2) is 29.3 Å². The molecule has 3 N–H and O–H groups in total. The molecule has 0 heterocycles. The molecule has 3 nitrogen and oxygen atoms in total. The minimum atomic E-state index is -0.249. The Bertz CT molecular complexity index is 481. The van der Waals surface area contributed by atoms with E-state index in [0.29, 0.717) is 4.99 Å². The normalized spacial score (nSPS) is 23.1. The molecule has 104 valence electrons. The number of rotatable bonds is 3. The van der Waals surface area contributed by atoms with Crippen molar-refractivity contribution in [3.05, 3.63) is 28.2 Å². The zero-order valence-electron chi connectivity index (χ0n) is 11.0. The first-order valence-corrected chi connectivity index (χ1v) is 7.71. The van der Waals surface area contributed by atoms with Gasteiger partial charge in [-0.2, -0.15) is 0 Å². The summed E-state index contributed by atoms with van der Waals surface area (Å²) >= 11 is 8.54. The molecule has 1 aliphatic carbocycles. The average molecular weight is 343 g/mol. The number of likely N-dealkylation sites (N-methyl/N-ethyl adjacent to an activating group) is 1. The maximum Gasteiger partial charge on any atom is 0.104 e. The lowest BCUT2D eigenvalue weighted by Gasteiger charge is -2.37. The number of halogens is 1. The highest BCUT2D eigenvalue weighted by Crippen LogP contribution is 2.32. The van der Waals surface area contributed by atoms with Crippen LogP contribution in [-0.2, 0) is 0 Å². The van der Waals surface area contributed by atoms with E-state index in [1.54, 1.807) is 0 Å². The molecule has 19 heavy (non-hydrogen) atoms. The van der Waals surface area contributed by atoms with Gasteiger partial charge in [0.1, 0.15) is 4.99 Å². The van der Waals surface area contributed by atoms with Crippen LogP contribution in [0.2, 0.25) is 0 Å². The van der Waals surface area contributed by atoms with Gasteiger partial charge in [0.15, 0.2) is 0 Å². The molecule has 0 saturated heterocycles. The van der Waals surface area contributed by atoms with Crippen LogP contribution in [0.25, 0.3) is 0 Å². The zero-order chi connectivity index (χ0) is 14.0. The molecule has 2 rings (SSSR count). The Kier molecular flexibility index (Phi) is 4.81. The largest absolute Gasteiger partial charge is 0.391 e. The number of benzene rings is 1. The summed E-state index contributed by atoms with van der Waals surface area (Å²) in [6, 6.07) is 6.04. The minimum absolute atomic E-state index is 0.181. The molecule has 0 spiro atoms. The molecule has 0 aromatic heterocycles. The average Bonchev–Trinajstić information content (AvgIpc) is 2.38. The van der Waals surface area contributed by atoms with Crippen LogP contribution < -0.4 is 10.6 Å². The highest BCUT2D eigenvalue weighted by atomic mass is 79.9. The van der Waals surface area contributed by atoms with Crippen molar-refractivity contribution >= 4 is 38.8 Å². The number of anilines is 1. The van der Waals surface area contributed by atoms with Gasteiger partial charge in [-0.1, -0.05) is 25.1 Å². The first kappa shape index (κ1) is 14.8. The van der Waals surface area contributed by atoms with E-state index in [0.717, 1.165) is 35.0 Å². The second-order valence-electron chi connectivity index (χ2n) is 5.06. The Labute approximate surface area is 127 Å². The summed E-state index contributed by atoms with van der Waals surface area (Å²) < 4.78 is 0.957. The fourth-order valence-electron chi connectivity index (χ4n) is 2.67. The number of hydrogen-bond donors (Lipinski definition) is 2. The molecule has 0 bridgehead atoms. The summed E-state index contributed by atoms with van der Waals surface area (Å²) in [5.74, 6) is 0. The number of hydrogen-bond acceptors (Lipinski definition) is 3. The fraction of sp³-hybridized carbons (Fsp3) is 0.500. The topological polar surface area (TPSA) is 49.5 Å². The van der Waals surface area contributed by atoms with Crippen molar-refractivity contribution in [3.63, 3.8) is 0 Å². The van der Waals surface area contributed by atoms with Crippen molar-refractivity contribution in [1.82, 2.24) is 0 Å². The molecule has 1 aliphatic rings. The third-order valence-electron chi connectivity index (χ3n) is 3.80. The van der Waals surface area contributed by atoms with Crippen LogP contribution in [0, 0.1) is 0 Å². The van der Waals surface area contributed by atoms with Crippen molar-refractivity contribution in [2.24, 2.45) is 5.73 Å². The quantitative estimate of drug-likeness (QED) is 0.829. The number of nitrogens with two attached hydrogens (primary N) is 1. The van der Waals surface area contributed by atoms with Crippen LogP contribution in [0.4, 0.5) is 5.69 Å². The second kappa shape index (κ2) is 6.20. The monoisotopic (exact) mass is 342 g/mol. The Morgan fingerprint density at radius 1 is 1.42 bits per heavy atom. The smallest absolute Gasteiger partial charge is 0.104 e. The first-order chi connectivity index (χ1) is 9.00. The van der Waals surface area contributed by atoms with Crippen molar-refractivity contribution in [1.29, 1.82) is 0 Å². The summed E-state index contributed by atoms with van der Waals surface area (Å²) in [5, 5.41) is 10.1. The molecule has 1 saturated carbocycles. The van der Waals surface area contributed by atoms with Crippen molar-refractivity contribution < 1.29 is 5.11 Å². The standard InChI is InChI=1S/C14H19BrN2OS/c1-17(12-4-2-3-5-13(12)18)11-7-6-9(14(16)19)8-10(11)15/h6-8,12-13,18H,2-5H2,1H3,(H2,16,19). The highest BCUT2D eigenvalue weighted by molar-refractivity contribution is 9.10. The molecule has 0 amide bonds. The zero-order valence-corrected chi connectivity index (χ0v) is 13.4. The summed E-state index contributed by atoms with van der Waals surface area (Å²) in [4.78, 5) is 2.55. The van der Waals surface area contributed by atoms with Crippen LogP contribution in [0.15, 0.2) is 22.7 Å². The van der Waals surface area contributed by atoms with Gasteiger partial charge in [0.2, 0.25) is 0 Å². The van der Waals surface area contributed by atoms with Gasteiger partial charge < -0.3 is 15.7 Å². The third-order valence-corrected chi connectivity index (χ3v) is 4.67. The SMILES string of the molecule is CN(c1ccc(C(N)=S)cc1Br)C1CCCCC1O. The number of aliphatic hydroxyl groups is 1. The molecule has 2 unspecified atom stereocenters. The molecule has 1 fully saturated rings. The summed E-state index contributed by atoms with van der Waals surface area (Å²) in [6.45, 7) is 0. The lowest BCUT2D eigenvalue weighted by atomic mass is 9.91. The first-order valence-electron chi connectivity index (χ1n) is 6.51. The Morgan fingerprint density at radius 2 is 2.11 bits per heavy atom. The van der Waals surface area contributed by atoms with E-state index in [1.165, 1.54) is 6.42 Å². The van der Waals surface area contributed by atoms with Gasteiger partial charge in [-0.3, -0.25) is 0 Å². The predicted octanol–water partition coefficient (Wildman–Crippen LogP) is 2.82. The fourth-order valence-corrected chi connectivity index (χ4v) is 3.45. The summed E-state index contributed by atoms with van der Waals surface area (Å²) in [7, 11) is 2.03. The summed E-state index contributed by atoms with van der Waals surface area (Å²) in [5.41, 5.74) is 7.54. The molecule has 1 aromatic rings. The number of nitrogens with zero attached hydrogens (tertiary/aromatic N) is 1. The Morgan fingerprint density at radius 3 is 2.68 bits per heavy atom. The van der Waals surface area contributed by atoms with Gasteiger partial charge in [-0.05, 0) is 47.0 Å². The van der Waals surface area contributed by atoms with Gasteiger partial charge in [0, 0.05) is 17.1 Å². The van der Waals surface area contributed by atoms with E-state index in [4.69, 9.17) is 18.0 Å². The molecule has 5 heteroatoms. The van der Waals surface area contributed by atoms with E-state index in [9.17, 15) is 5.11 Å². The van der Waals surface area contributed by atoms with Crippen molar-refractivity contribution in [2.45, 2.75) is 37.8 Å². The van der Waals surface area contributed by atoms with E-state index in [2.05, 4.69) is 20.8 Å². The summed E-state index contributed by atoms with van der Waals surface area (Å²) in [6.07, 6.45) is 3.96. The molecule has 1 aromatic carbocycles. The van der Waals surface area contributed by atoms with Crippen molar-refractivity contribution in [3.8, 4) is 0 Å². The van der Waals surface area contributed by atoms with Crippen molar-refractivity contribution in [2.75, 3.05) is 11.9 Å². The Hall–Kier alpha value is -0.650. The minimum Gasteiger partial charge on any atom is -0.391 e. The number of thiocarbonyl (C=S) groups is 1. The Balaban J connectivity index is 2.23. The van der Waals surface area contributed by atoms with Crippen LogP contribution >= 0.6 is 28.1 Å². The van der Waals surface area contributed by atoms with E-state index >= 15 is 0 Å². The van der Waals surface area contributed by atoms with Gasteiger partial charge in [0.25, 0.3) is 0 Å². The van der Waals surface area contributed by atoms with Gasteiger partial charge in [0.05, 0.1) is 17.8 Å². The maximum absolute atomic E-state index is 10.1. The number of aliphatic hydroxyl groups excluding tert-OH is 1. The molecule has 0 aliphatic heterocycles. The second-order valence-corrected chi connectivity index (χ2v) is 6.35. The third kappa shape index (κ3) is 3.27. The highest BCUT2D eigenvalue weighted by Gasteiger charge is 2.27. The molecule has 0 radical (unpaired) electrons. The van der Waals surface area contributed by atoms with Gasteiger partial charge >= 0.3 is 0 Å². The van der Waals surface area contributed by atoms with Gasteiger partial charge in [-0.25, -0.2) is 0 Å². The molecular formula is C14H19BrN2OS.